The van der Waals surface area contributed by atoms with Crippen molar-refractivity contribution in [3.05, 3.63) is 114 Å². The van der Waals surface area contributed by atoms with E-state index in [0.717, 1.165) is 39.6 Å². The Hall–Kier alpha value is -4.26. The summed E-state index contributed by atoms with van der Waals surface area (Å²) in [4.78, 5) is 25.5. The second-order valence-electron chi connectivity index (χ2n) is 7.22. The molecule has 0 amide bonds. The van der Waals surface area contributed by atoms with Gasteiger partial charge in [0.05, 0.1) is 0 Å². The number of hydrogen-bond acceptors (Lipinski definition) is 6. The van der Waals surface area contributed by atoms with Crippen molar-refractivity contribution in [3.8, 4) is 0 Å². The first-order valence-electron chi connectivity index (χ1n) is 10.5. The summed E-state index contributed by atoms with van der Waals surface area (Å²) in [6, 6.07) is 26.4. The first-order valence-corrected chi connectivity index (χ1v) is 10.5. The summed E-state index contributed by atoms with van der Waals surface area (Å²) in [6.45, 7) is 5.59. The van der Waals surface area contributed by atoms with Crippen LogP contribution in [0.3, 0.4) is 0 Å². The Morgan fingerprint density at radius 2 is 0.909 bits per heavy atom. The van der Waals surface area contributed by atoms with E-state index in [2.05, 4.69) is 25.1 Å². The smallest absolute Gasteiger partial charge is 0.193 e. The summed E-state index contributed by atoms with van der Waals surface area (Å²) < 4.78 is 0. The van der Waals surface area contributed by atoms with Gasteiger partial charge in [0.1, 0.15) is 28.5 Å². The zero-order valence-electron chi connectivity index (χ0n) is 19.2. The SMILES string of the molecule is Cc1nc(C)nc(C)n1.Cn1nc2ccccc2n1.O=C(c1ccccc1)c1ccccc1. The third-order valence-corrected chi connectivity index (χ3v) is 4.43. The number of nitrogens with zero attached hydrogens (tertiary/aromatic N) is 6. The zero-order chi connectivity index (χ0) is 23.6. The van der Waals surface area contributed by atoms with Gasteiger partial charge in [0, 0.05) is 18.2 Å². The number of benzene rings is 3. The van der Waals surface area contributed by atoms with Crippen molar-refractivity contribution in [1.82, 2.24) is 29.9 Å². The van der Waals surface area contributed by atoms with Gasteiger partial charge in [0.2, 0.25) is 0 Å². The average Bonchev–Trinajstić information content (AvgIpc) is 3.20. The van der Waals surface area contributed by atoms with Crippen molar-refractivity contribution in [1.29, 1.82) is 0 Å². The molecule has 0 atom stereocenters. The molecule has 5 aromatic rings. The molecule has 0 spiro atoms. The normalized spacial score (nSPS) is 9.94. The van der Waals surface area contributed by atoms with E-state index < -0.39 is 0 Å². The molecule has 0 aliphatic rings. The van der Waals surface area contributed by atoms with Crippen molar-refractivity contribution >= 4 is 16.8 Å². The van der Waals surface area contributed by atoms with E-state index >= 15 is 0 Å². The van der Waals surface area contributed by atoms with Gasteiger partial charge in [-0.25, -0.2) is 15.0 Å². The van der Waals surface area contributed by atoms with Gasteiger partial charge in [-0.1, -0.05) is 72.8 Å². The van der Waals surface area contributed by atoms with E-state index in [-0.39, 0.29) is 5.78 Å². The molecule has 5 rings (SSSR count). The van der Waals surface area contributed by atoms with Gasteiger partial charge >= 0.3 is 0 Å². The number of hydrogen-bond donors (Lipinski definition) is 0. The fourth-order valence-electron chi connectivity index (χ4n) is 3.09. The Kier molecular flexibility index (Phi) is 8.07. The lowest BCUT2D eigenvalue weighted by molar-refractivity contribution is 0.103. The summed E-state index contributed by atoms with van der Waals surface area (Å²) in [5.41, 5.74) is 3.37. The largest absolute Gasteiger partial charge is 0.289 e. The van der Waals surface area contributed by atoms with Crippen LogP contribution in [-0.2, 0) is 7.05 Å². The molecule has 33 heavy (non-hydrogen) atoms. The van der Waals surface area contributed by atoms with Gasteiger partial charge in [0.25, 0.3) is 0 Å². The number of aromatic nitrogens is 6. The molecule has 0 fully saturated rings. The monoisotopic (exact) mass is 438 g/mol. The Morgan fingerprint density at radius 3 is 1.27 bits per heavy atom. The molecule has 0 saturated heterocycles. The molecule has 7 heteroatoms. The van der Waals surface area contributed by atoms with Crippen LogP contribution in [0, 0.1) is 20.8 Å². The third-order valence-electron chi connectivity index (χ3n) is 4.43. The number of rotatable bonds is 2. The van der Waals surface area contributed by atoms with Gasteiger partial charge in [-0.05, 0) is 32.9 Å². The van der Waals surface area contributed by atoms with E-state index in [1.165, 1.54) is 0 Å². The van der Waals surface area contributed by atoms with Gasteiger partial charge < -0.3 is 0 Å². The molecule has 0 aliphatic heterocycles. The maximum absolute atomic E-state index is 11.8. The van der Waals surface area contributed by atoms with E-state index in [9.17, 15) is 4.79 Å². The number of ketones is 1. The number of carbonyl (C=O) groups excluding carboxylic acids is 1. The van der Waals surface area contributed by atoms with Crippen LogP contribution in [0.1, 0.15) is 33.4 Å². The fourth-order valence-corrected chi connectivity index (χ4v) is 3.09. The Bertz CT molecular complexity index is 1190. The molecule has 166 valence electrons. The summed E-state index contributed by atoms with van der Waals surface area (Å²) in [7, 11) is 1.82. The highest BCUT2D eigenvalue weighted by atomic mass is 16.1. The topological polar surface area (TPSA) is 86.4 Å². The van der Waals surface area contributed by atoms with Gasteiger partial charge in [0.15, 0.2) is 5.78 Å². The summed E-state index contributed by atoms with van der Waals surface area (Å²) >= 11 is 0. The molecule has 3 aromatic carbocycles. The first kappa shape index (κ1) is 23.4. The predicted molar refractivity (Wildman–Crippen MR) is 129 cm³/mol. The highest BCUT2D eigenvalue weighted by Crippen LogP contribution is 2.08. The predicted octanol–water partition coefficient (Wildman–Crippen LogP) is 4.68. The maximum atomic E-state index is 11.8. The van der Waals surface area contributed by atoms with Gasteiger partial charge in [-0.15, -0.1) is 0 Å². The van der Waals surface area contributed by atoms with E-state index in [0.29, 0.717) is 0 Å². The molecular formula is C26H26N6O. The molecule has 2 heterocycles. The molecular weight excluding hydrogens is 412 g/mol. The van der Waals surface area contributed by atoms with E-state index in [1.54, 1.807) is 4.80 Å². The van der Waals surface area contributed by atoms with Crippen LogP contribution in [0.15, 0.2) is 84.9 Å². The Labute approximate surface area is 193 Å². The number of aryl methyl sites for hydroxylation is 4. The maximum Gasteiger partial charge on any atom is 0.193 e. The second kappa shape index (κ2) is 11.4. The van der Waals surface area contributed by atoms with Crippen LogP contribution in [0.4, 0.5) is 0 Å². The number of carbonyl (C=O) groups is 1. The van der Waals surface area contributed by atoms with Crippen LogP contribution in [-0.4, -0.2) is 35.7 Å². The lowest BCUT2D eigenvalue weighted by Gasteiger charge is -1.99. The minimum atomic E-state index is 0.0752. The molecule has 0 aliphatic carbocycles. The third kappa shape index (κ3) is 7.14. The molecule has 0 bridgehead atoms. The van der Waals surface area contributed by atoms with Crippen LogP contribution in [0.2, 0.25) is 0 Å². The Balaban J connectivity index is 0.000000144. The zero-order valence-corrected chi connectivity index (χ0v) is 19.2. The standard InChI is InChI=1S/C13H10O.C7H7N3.C6H9N3/c14-13(11-7-3-1-4-8-11)12-9-5-2-6-10-12;1-10-8-6-4-2-3-5-7(6)9-10;1-4-7-5(2)9-6(3)8-4/h1-10H;2-5H,1H3;1-3H3. The minimum absolute atomic E-state index is 0.0752. The summed E-state index contributed by atoms with van der Waals surface area (Å²) in [6.07, 6.45) is 0. The second-order valence-corrected chi connectivity index (χ2v) is 7.22. The van der Waals surface area contributed by atoms with E-state index in [4.69, 9.17) is 0 Å². The highest BCUT2D eigenvalue weighted by Gasteiger charge is 2.06. The summed E-state index contributed by atoms with van der Waals surface area (Å²) in [5.74, 6) is 2.45. The molecule has 7 nitrogen and oxygen atoms in total. The molecule has 2 aromatic heterocycles. The highest BCUT2D eigenvalue weighted by molar-refractivity contribution is 6.08. The first-order chi connectivity index (χ1) is 15.9. The van der Waals surface area contributed by atoms with Crippen molar-refractivity contribution in [2.24, 2.45) is 7.05 Å². The van der Waals surface area contributed by atoms with E-state index in [1.807, 2.05) is 113 Å². The van der Waals surface area contributed by atoms with Gasteiger partial charge in [-0.2, -0.15) is 15.0 Å². The van der Waals surface area contributed by atoms with Crippen molar-refractivity contribution in [2.45, 2.75) is 20.8 Å². The summed E-state index contributed by atoms with van der Waals surface area (Å²) in [5, 5.41) is 8.24. The van der Waals surface area contributed by atoms with Crippen LogP contribution >= 0.6 is 0 Å². The molecule has 0 unspecified atom stereocenters. The molecule has 0 radical (unpaired) electrons. The lowest BCUT2D eigenvalue weighted by atomic mass is 10.0. The average molecular weight is 439 g/mol. The van der Waals surface area contributed by atoms with Crippen LogP contribution in [0.5, 0.6) is 0 Å². The van der Waals surface area contributed by atoms with Crippen LogP contribution < -0.4 is 0 Å². The minimum Gasteiger partial charge on any atom is -0.289 e. The number of fused-ring (bicyclic) bond motifs is 1. The quantitative estimate of drug-likeness (QED) is 0.372. The van der Waals surface area contributed by atoms with Gasteiger partial charge in [-0.3, -0.25) is 4.79 Å². The molecule has 0 saturated carbocycles. The van der Waals surface area contributed by atoms with Crippen LogP contribution in [0.25, 0.3) is 11.0 Å². The lowest BCUT2D eigenvalue weighted by Crippen LogP contribution is -1.99. The van der Waals surface area contributed by atoms with Crippen molar-refractivity contribution in [3.63, 3.8) is 0 Å². The Morgan fingerprint density at radius 1 is 0.576 bits per heavy atom. The fraction of sp³-hybridized carbons (Fsp3) is 0.154. The molecule has 0 N–H and O–H groups in total. The van der Waals surface area contributed by atoms with Crippen molar-refractivity contribution < 1.29 is 4.79 Å². The van der Waals surface area contributed by atoms with Crippen molar-refractivity contribution in [2.75, 3.05) is 0 Å².